The van der Waals surface area contributed by atoms with E-state index in [1.54, 1.807) is 30.8 Å². The summed E-state index contributed by atoms with van der Waals surface area (Å²) in [5.41, 5.74) is 5.79. The molecule has 1 atom stereocenters. The first-order chi connectivity index (χ1) is 15.5. The second kappa shape index (κ2) is 8.20. The molecule has 6 heteroatoms. The highest BCUT2D eigenvalue weighted by molar-refractivity contribution is 8.00. The van der Waals surface area contributed by atoms with Crippen molar-refractivity contribution >= 4 is 40.9 Å². The molecule has 0 fully saturated rings. The van der Waals surface area contributed by atoms with E-state index >= 15 is 0 Å². The first-order valence-corrected chi connectivity index (χ1v) is 11.2. The van der Waals surface area contributed by atoms with Crippen molar-refractivity contribution in [1.82, 2.24) is 4.90 Å². The van der Waals surface area contributed by atoms with Crippen LogP contribution in [-0.4, -0.2) is 37.4 Å². The molecule has 0 aromatic heterocycles. The highest BCUT2D eigenvalue weighted by atomic mass is 32.2. The number of nitrogens with one attached hydrogen (secondary N) is 1. The first-order valence-electron chi connectivity index (χ1n) is 10.4. The molecule has 160 valence electrons. The normalized spacial score (nSPS) is 16.8. The number of thioether (sulfide) groups is 1. The Bertz CT molecular complexity index is 1250. The molecule has 2 aliphatic rings. The zero-order valence-corrected chi connectivity index (χ0v) is 18.6. The molecular weight excluding hydrogens is 420 g/mol. The summed E-state index contributed by atoms with van der Waals surface area (Å²) in [7, 11) is 3.52. The predicted octanol–water partition coefficient (Wildman–Crippen LogP) is 5.11. The molecule has 1 N–H and O–H groups in total. The SMILES string of the molecule is CN(C)C(=O)c1ccc2c(c1)SC(c1ccccc1)C(c1ccc3c(c1)NC(=O)CO3)=C2. The Balaban J connectivity index is 1.61. The molecule has 2 heterocycles. The number of nitrogens with zero attached hydrogens (tertiary/aromatic N) is 1. The van der Waals surface area contributed by atoms with Crippen LogP contribution in [0.2, 0.25) is 0 Å². The molecule has 3 aromatic rings. The third-order valence-electron chi connectivity index (χ3n) is 5.55. The van der Waals surface area contributed by atoms with Gasteiger partial charge < -0.3 is 15.0 Å². The van der Waals surface area contributed by atoms with Crippen LogP contribution in [0.4, 0.5) is 5.69 Å². The number of amides is 2. The quantitative estimate of drug-likeness (QED) is 0.613. The lowest BCUT2D eigenvalue weighted by Gasteiger charge is -2.28. The Morgan fingerprint density at radius 3 is 2.66 bits per heavy atom. The summed E-state index contributed by atoms with van der Waals surface area (Å²) in [6, 6.07) is 22.1. The number of ether oxygens (including phenoxy) is 1. The smallest absolute Gasteiger partial charge is 0.262 e. The predicted molar refractivity (Wildman–Crippen MR) is 128 cm³/mol. The summed E-state index contributed by atoms with van der Waals surface area (Å²) in [5.74, 6) is 0.524. The van der Waals surface area contributed by atoms with E-state index in [9.17, 15) is 9.59 Å². The molecule has 5 nitrogen and oxygen atoms in total. The Kier molecular flexibility index (Phi) is 5.23. The molecule has 0 saturated carbocycles. The van der Waals surface area contributed by atoms with Crippen molar-refractivity contribution in [1.29, 1.82) is 0 Å². The Morgan fingerprint density at radius 1 is 1.06 bits per heavy atom. The summed E-state index contributed by atoms with van der Waals surface area (Å²) in [5, 5.41) is 2.95. The Morgan fingerprint density at radius 2 is 1.88 bits per heavy atom. The zero-order valence-electron chi connectivity index (χ0n) is 17.8. The van der Waals surface area contributed by atoms with E-state index in [0.29, 0.717) is 17.0 Å². The van der Waals surface area contributed by atoms with Crippen LogP contribution in [0.15, 0.2) is 71.6 Å². The maximum absolute atomic E-state index is 12.5. The van der Waals surface area contributed by atoms with Crippen molar-refractivity contribution in [3.05, 3.63) is 89.0 Å². The van der Waals surface area contributed by atoms with Crippen LogP contribution >= 0.6 is 11.8 Å². The number of hydrogen-bond acceptors (Lipinski definition) is 4. The monoisotopic (exact) mass is 442 g/mol. The molecule has 0 saturated heterocycles. The van der Waals surface area contributed by atoms with Crippen LogP contribution in [-0.2, 0) is 4.79 Å². The van der Waals surface area contributed by atoms with Gasteiger partial charge in [-0.1, -0.05) is 42.5 Å². The molecule has 3 aromatic carbocycles. The minimum atomic E-state index is -0.148. The Labute approximate surface area is 191 Å². The van der Waals surface area contributed by atoms with E-state index in [0.717, 1.165) is 21.6 Å². The number of carbonyl (C=O) groups is 2. The van der Waals surface area contributed by atoms with E-state index in [1.807, 2.05) is 54.6 Å². The fourth-order valence-corrected chi connectivity index (χ4v) is 5.29. The molecule has 0 radical (unpaired) electrons. The fourth-order valence-electron chi connectivity index (χ4n) is 3.95. The lowest BCUT2D eigenvalue weighted by atomic mass is 9.94. The van der Waals surface area contributed by atoms with Gasteiger partial charge in [0.05, 0.1) is 10.9 Å². The largest absolute Gasteiger partial charge is 0.482 e. The standard InChI is InChI=1S/C26H22N2O3S/c1-28(2)26(30)19-9-8-18-12-20(17-10-11-22-21(13-17)27-24(29)15-31-22)25(32-23(18)14-19)16-6-4-3-5-7-16/h3-14,25H,15H2,1-2H3,(H,27,29). The number of rotatable bonds is 3. The van der Waals surface area contributed by atoms with Crippen molar-refractivity contribution < 1.29 is 14.3 Å². The van der Waals surface area contributed by atoms with Crippen molar-refractivity contribution in [3.63, 3.8) is 0 Å². The number of fused-ring (bicyclic) bond motifs is 2. The third kappa shape index (κ3) is 3.78. The third-order valence-corrected chi connectivity index (χ3v) is 6.92. The van der Waals surface area contributed by atoms with Crippen LogP contribution in [0.3, 0.4) is 0 Å². The van der Waals surface area contributed by atoms with Crippen LogP contribution in [0.25, 0.3) is 11.6 Å². The van der Waals surface area contributed by atoms with Crippen molar-refractivity contribution in [3.8, 4) is 5.75 Å². The summed E-state index contributed by atoms with van der Waals surface area (Å²) < 4.78 is 5.53. The molecule has 2 amide bonds. The van der Waals surface area contributed by atoms with Gasteiger partial charge in [0.25, 0.3) is 11.8 Å². The summed E-state index contributed by atoms with van der Waals surface area (Å²) in [6.45, 7) is 0.0406. The van der Waals surface area contributed by atoms with Gasteiger partial charge in [0, 0.05) is 24.6 Å². The molecule has 0 spiro atoms. The van der Waals surface area contributed by atoms with Gasteiger partial charge in [-0.3, -0.25) is 9.59 Å². The average molecular weight is 443 g/mol. The van der Waals surface area contributed by atoms with Gasteiger partial charge in [0.15, 0.2) is 6.61 Å². The topological polar surface area (TPSA) is 58.6 Å². The average Bonchev–Trinajstić information content (AvgIpc) is 2.82. The van der Waals surface area contributed by atoms with Crippen molar-refractivity contribution in [2.24, 2.45) is 0 Å². The van der Waals surface area contributed by atoms with Crippen LogP contribution in [0, 0.1) is 0 Å². The highest BCUT2D eigenvalue weighted by Gasteiger charge is 2.27. The highest BCUT2D eigenvalue weighted by Crippen LogP contribution is 2.51. The molecule has 2 aliphatic heterocycles. The van der Waals surface area contributed by atoms with Gasteiger partial charge in [0.2, 0.25) is 0 Å². The van der Waals surface area contributed by atoms with Gasteiger partial charge in [-0.2, -0.15) is 0 Å². The molecule has 32 heavy (non-hydrogen) atoms. The number of anilines is 1. The van der Waals surface area contributed by atoms with Crippen LogP contribution in [0.5, 0.6) is 5.75 Å². The van der Waals surface area contributed by atoms with Crippen LogP contribution in [0.1, 0.15) is 32.3 Å². The number of carbonyl (C=O) groups excluding carboxylic acids is 2. The molecule has 1 unspecified atom stereocenters. The van der Waals surface area contributed by atoms with E-state index < -0.39 is 0 Å². The van der Waals surface area contributed by atoms with Gasteiger partial charge in [-0.15, -0.1) is 11.8 Å². The van der Waals surface area contributed by atoms with Gasteiger partial charge in [0.1, 0.15) is 5.75 Å². The van der Waals surface area contributed by atoms with Gasteiger partial charge >= 0.3 is 0 Å². The lowest BCUT2D eigenvalue weighted by Crippen LogP contribution is -2.25. The van der Waals surface area contributed by atoms with E-state index in [2.05, 4.69) is 23.5 Å². The summed E-state index contributed by atoms with van der Waals surface area (Å²) >= 11 is 1.74. The van der Waals surface area contributed by atoms with Crippen LogP contribution < -0.4 is 10.1 Å². The number of benzene rings is 3. The van der Waals surface area contributed by atoms with E-state index in [4.69, 9.17) is 4.74 Å². The van der Waals surface area contributed by atoms with E-state index in [-0.39, 0.29) is 23.7 Å². The minimum absolute atomic E-state index is 0.00938. The Hall–Kier alpha value is -3.51. The maximum Gasteiger partial charge on any atom is 0.262 e. The second-order valence-electron chi connectivity index (χ2n) is 8.01. The first kappa shape index (κ1) is 20.4. The molecule has 0 bridgehead atoms. The lowest BCUT2D eigenvalue weighted by molar-refractivity contribution is -0.118. The number of hydrogen-bond donors (Lipinski definition) is 1. The summed E-state index contributed by atoms with van der Waals surface area (Å²) in [4.78, 5) is 27.0. The zero-order chi connectivity index (χ0) is 22.2. The molecule has 5 rings (SSSR count). The summed E-state index contributed by atoms with van der Waals surface area (Å²) in [6.07, 6.45) is 2.18. The second-order valence-corrected chi connectivity index (χ2v) is 9.16. The molecular formula is C26H22N2O3S. The molecule has 0 aliphatic carbocycles. The van der Waals surface area contributed by atoms with Gasteiger partial charge in [-0.05, 0) is 52.6 Å². The minimum Gasteiger partial charge on any atom is -0.482 e. The fraction of sp³-hybridized carbons (Fsp3) is 0.154. The van der Waals surface area contributed by atoms with Crippen molar-refractivity contribution in [2.75, 3.05) is 26.0 Å². The maximum atomic E-state index is 12.5. The van der Waals surface area contributed by atoms with Crippen molar-refractivity contribution in [2.45, 2.75) is 10.1 Å². The van der Waals surface area contributed by atoms with Gasteiger partial charge in [-0.25, -0.2) is 0 Å². The van der Waals surface area contributed by atoms with E-state index in [1.165, 1.54) is 5.56 Å².